The van der Waals surface area contributed by atoms with E-state index in [-0.39, 0.29) is 17.5 Å². The van der Waals surface area contributed by atoms with Crippen LogP contribution in [0.4, 0.5) is 10.1 Å². The summed E-state index contributed by atoms with van der Waals surface area (Å²) in [4.78, 5) is 12.3. The molecule has 8 heteroatoms. The van der Waals surface area contributed by atoms with Crippen molar-refractivity contribution in [1.29, 1.82) is 0 Å². The maximum atomic E-state index is 13.0. The summed E-state index contributed by atoms with van der Waals surface area (Å²) in [6, 6.07) is 22.7. The number of hydrogen-bond acceptors (Lipinski definition) is 4. The number of carbonyl (C=O) groups excluding carboxylic acids is 1. The highest BCUT2D eigenvalue weighted by molar-refractivity contribution is 7.99. The van der Waals surface area contributed by atoms with Gasteiger partial charge in [-0.05, 0) is 60.7 Å². The van der Waals surface area contributed by atoms with Gasteiger partial charge in [-0.25, -0.2) is 4.39 Å². The van der Waals surface area contributed by atoms with Gasteiger partial charge in [0.25, 0.3) is 0 Å². The minimum Gasteiger partial charge on any atom is -0.325 e. The minimum absolute atomic E-state index is 0.128. The van der Waals surface area contributed by atoms with Gasteiger partial charge in [-0.1, -0.05) is 41.6 Å². The lowest BCUT2D eigenvalue weighted by atomic mass is 10.2. The van der Waals surface area contributed by atoms with Crippen molar-refractivity contribution in [2.75, 3.05) is 11.1 Å². The van der Waals surface area contributed by atoms with Gasteiger partial charge in [0.1, 0.15) is 5.82 Å². The van der Waals surface area contributed by atoms with Gasteiger partial charge in [-0.3, -0.25) is 9.36 Å². The second-order valence-corrected chi connectivity index (χ2v) is 7.71. The Morgan fingerprint density at radius 2 is 1.67 bits per heavy atom. The van der Waals surface area contributed by atoms with Crippen molar-refractivity contribution in [2.24, 2.45) is 0 Å². The predicted octanol–water partition coefficient (Wildman–Crippen LogP) is 5.46. The van der Waals surface area contributed by atoms with Crippen LogP contribution in [0.1, 0.15) is 0 Å². The molecule has 1 aromatic heterocycles. The number of halogens is 2. The Kier molecular flexibility index (Phi) is 6.11. The molecule has 0 bridgehead atoms. The van der Waals surface area contributed by atoms with Gasteiger partial charge in [0.05, 0.1) is 5.75 Å². The Labute approximate surface area is 181 Å². The molecule has 4 rings (SSSR count). The van der Waals surface area contributed by atoms with E-state index < -0.39 is 0 Å². The fourth-order valence-electron chi connectivity index (χ4n) is 2.82. The maximum Gasteiger partial charge on any atom is 0.234 e. The van der Waals surface area contributed by atoms with Crippen LogP contribution in [0.25, 0.3) is 17.1 Å². The molecule has 1 heterocycles. The Morgan fingerprint density at radius 3 is 2.37 bits per heavy atom. The number of nitrogens with zero attached hydrogens (tertiary/aromatic N) is 3. The molecule has 5 nitrogen and oxygen atoms in total. The number of carbonyl (C=O) groups is 1. The highest BCUT2D eigenvalue weighted by Crippen LogP contribution is 2.28. The predicted molar refractivity (Wildman–Crippen MR) is 118 cm³/mol. The third kappa shape index (κ3) is 4.69. The van der Waals surface area contributed by atoms with Crippen LogP contribution in [-0.2, 0) is 4.79 Å². The molecule has 0 unspecified atom stereocenters. The number of benzene rings is 3. The number of para-hydroxylation sites is 1. The second-order valence-electron chi connectivity index (χ2n) is 6.33. The van der Waals surface area contributed by atoms with Gasteiger partial charge >= 0.3 is 0 Å². The van der Waals surface area contributed by atoms with E-state index in [1.54, 1.807) is 12.1 Å². The quantitative estimate of drug-likeness (QED) is 0.406. The molecule has 30 heavy (non-hydrogen) atoms. The highest BCUT2D eigenvalue weighted by atomic mass is 35.5. The van der Waals surface area contributed by atoms with Crippen LogP contribution in [0.5, 0.6) is 0 Å². The third-order valence-corrected chi connectivity index (χ3v) is 5.39. The van der Waals surface area contributed by atoms with Crippen LogP contribution >= 0.6 is 23.4 Å². The van der Waals surface area contributed by atoms with Gasteiger partial charge in [-0.15, -0.1) is 10.2 Å². The molecule has 0 spiro atoms. The first kappa shape index (κ1) is 20.1. The van der Waals surface area contributed by atoms with Crippen molar-refractivity contribution in [2.45, 2.75) is 5.16 Å². The first-order chi connectivity index (χ1) is 14.6. The summed E-state index contributed by atoms with van der Waals surface area (Å²) in [6.45, 7) is 0. The molecular weight excluding hydrogens is 423 g/mol. The molecule has 1 amide bonds. The molecule has 4 aromatic rings. The summed E-state index contributed by atoms with van der Waals surface area (Å²) < 4.78 is 14.9. The van der Waals surface area contributed by atoms with Crippen molar-refractivity contribution in [1.82, 2.24) is 14.8 Å². The van der Waals surface area contributed by atoms with Gasteiger partial charge in [0.2, 0.25) is 5.91 Å². The monoisotopic (exact) mass is 438 g/mol. The molecule has 0 aliphatic carbocycles. The Balaban J connectivity index is 1.57. The topological polar surface area (TPSA) is 59.8 Å². The first-order valence-corrected chi connectivity index (χ1v) is 10.4. The molecule has 0 saturated heterocycles. The van der Waals surface area contributed by atoms with E-state index >= 15 is 0 Å². The van der Waals surface area contributed by atoms with Crippen LogP contribution in [0.3, 0.4) is 0 Å². The van der Waals surface area contributed by atoms with E-state index in [0.29, 0.717) is 21.7 Å². The molecule has 150 valence electrons. The molecule has 0 saturated carbocycles. The number of thioether (sulfide) groups is 1. The fourth-order valence-corrected chi connectivity index (χ4v) is 3.70. The van der Waals surface area contributed by atoms with Crippen molar-refractivity contribution in [3.05, 3.63) is 89.7 Å². The number of nitrogens with one attached hydrogen (secondary N) is 1. The van der Waals surface area contributed by atoms with E-state index in [1.165, 1.54) is 36.0 Å². The Morgan fingerprint density at radius 1 is 0.967 bits per heavy atom. The zero-order valence-corrected chi connectivity index (χ0v) is 17.2. The van der Waals surface area contributed by atoms with Crippen molar-refractivity contribution >= 4 is 35.0 Å². The smallest absolute Gasteiger partial charge is 0.234 e. The zero-order chi connectivity index (χ0) is 20.9. The maximum absolute atomic E-state index is 13.0. The van der Waals surface area contributed by atoms with Gasteiger partial charge in [0.15, 0.2) is 11.0 Å². The lowest BCUT2D eigenvalue weighted by Gasteiger charge is -2.10. The van der Waals surface area contributed by atoms with E-state index in [2.05, 4.69) is 15.5 Å². The van der Waals surface area contributed by atoms with E-state index in [0.717, 1.165) is 11.3 Å². The van der Waals surface area contributed by atoms with Crippen LogP contribution in [-0.4, -0.2) is 26.4 Å². The number of hydrogen-bond donors (Lipinski definition) is 1. The molecule has 1 N–H and O–H groups in total. The SMILES string of the molecule is O=C(CSc1nnc(-c2ccc(Cl)cc2)n1-c1ccccc1)Nc1ccc(F)cc1. The van der Waals surface area contributed by atoms with Crippen molar-refractivity contribution in [3.63, 3.8) is 0 Å². The molecule has 3 aromatic carbocycles. The van der Waals surface area contributed by atoms with Gasteiger partial charge < -0.3 is 5.32 Å². The van der Waals surface area contributed by atoms with Gasteiger partial charge in [-0.2, -0.15) is 0 Å². The standard InChI is InChI=1S/C22H16ClFN4OS/c23-16-8-6-15(7-9-16)21-26-27-22(28(21)19-4-2-1-3-5-19)30-14-20(29)25-18-12-10-17(24)11-13-18/h1-13H,14H2,(H,25,29). The summed E-state index contributed by atoms with van der Waals surface area (Å²) in [5.41, 5.74) is 2.28. The number of rotatable bonds is 6. The van der Waals surface area contributed by atoms with E-state index in [4.69, 9.17) is 11.6 Å². The lowest BCUT2D eigenvalue weighted by Crippen LogP contribution is -2.14. The molecular formula is C22H16ClFN4OS. The summed E-state index contributed by atoms with van der Waals surface area (Å²) in [6.07, 6.45) is 0. The Hall–Kier alpha value is -3.16. The molecule has 0 fully saturated rings. The van der Waals surface area contributed by atoms with Gasteiger partial charge in [0, 0.05) is 22.0 Å². The largest absolute Gasteiger partial charge is 0.325 e. The van der Waals surface area contributed by atoms with Crippen LogP contribution in [0.2, 0.25) is 5.02 Å². The molecule has 0 aliphatic heterocycles. The third-order valence-electron chi connectivity index (χ3n) is 4.21. The van der Waals surface area contributed by atoms with Crippen LogP contribution < -0.4 is 5.32 Å². The Bertz CT molecular complexity index is 1150. The summed E-state index contributed by atoms with van der Waals surface area (Å²) in [7, 11) is 0. The summed E-state index contributed by atoms with van der Waals surface area (Å²) in [5.74, 6) is 0.206. The number of aromatic nitrogens is 3. The van der Waals surface area contributed by atoms with Crippen LogP contribution in [0.15, 0.2) is 84.0 Å². The van der Waals surface area contributed by atoms with Crippen LogP contribution in [0, 0.1) is 5.82 Å². The molecule has 0 atom stereocenters. The average Bonchev–Trinajstić information content (AvgIpc) is 3.19. The first-order valence-electron chi connectivity index (χ1n) is 9.05. The van der Waals surface area contributed by atoms with Crippen molar-refractivity contribution in [3.8, 4) is 17.1 Å². The van der Waals surface area contributed by atoms with Crippen molar-refractivity contribution < 1.29 is 9.18 Å². The van der Waals surface area contributed by atoms with E-state index in [9.17, 15) is 9.18 Å². The molecule has 0 radical (unpaired) electrons. The van der Waals surface area contributed by atoms with E-state index in [1.807, 2.05) is 47.0 Å². The molecule has 0 aliphatic rings. The number of amides is 1. The minimum atomic E-state index is -0.354. The second kappa shape index (κ2) is 9.11. The zero-order valence-electron chi connectivity index (χ0n) is 15.6. The number of anilines is 1. The summed E-state index contributed by atoms with van der Waals surface area (Å²) >= 11 is 7.28. The normalized spacial score (nSPS) is 10.7. The summed E-state index contributed by atoms with van der Waals surface area (Å²) in [5, 5.41) is 12.6. The fraction of sp³-hybridized carbons (Fsp3) is 0.0455. The average molecular weight is 439 g/mol. The highest BCUT2D eigenvalue weighted by Gasteiger charge is 2.17. The lowest BCUT2D eigenvalue weighted by molar-refractivity contribution is -0.113.